The van der Waals surface area contributed by atoms with E-state index < -0.39 is 5.97 Å². The molecule has 106 valence electrons. The first-order valence-corrected chi connectivity index (χ1v) is 6.84. The molecule has 4 heteroatoms. The average Bonchev–Trinajstić information content (AvgIpc) is 2.36. The zero-order valence-corrected chi connectivity index (χ0v) is 12.1. The summed E-state index contributed by atoms with van der Waals surface area (Å²) in [5.74, 6) is -0.320. The highest BCUT2D eigenvalue weighted by Gasteiger charge is 2.18. The molecule has 0 saturated carbocycles. The van der Waals surface area contributed by atoms with Crippen LogP contribution in [-0.2, 0) is 0 Å². The van der Waals surface area contributed by atoms with Crippen molar-refractivity contribution >= 4 is 22.7 Å². The number of hydrogen-bond donors (Lipinski definition) is 2. The molecule has 0 unspecified atom stereocenters. The van der Waals surface area contributed by atoms with Crippen LogP contribution < -0.4 is 5.32 Å². The molecule has 0 aliphatic rings. The summed E-state index contributed by atoms with van der Waals surface area (Å²) in [5.41, 5.74) is 0.868. The summed E-state index contributed by atoms with van der Waals surface area (Å²) in [6.45, 7) is 6.31. The van der Waals surface area contributed by atoms with Crippen LogP contribution in [0.4, 0.5) is 5.82 Å². The summed E-state index contributed by atoms with van der Waals surface area (Å²) in [6, 6.07) is 8.92. The second-order valence-corrected chi connectivity index (χ2v) is 5.64. The third-order valence-electron chi connectivity index (χ3n) is 3.29. The number of carbonyl (C=O) groups is 1. The van der Waals surface area contributed by atoms with Crippen LogP contribution in [0.15, 0.2) is 30.3 Å². The Bertz CT molecular complexity index is 635. The molecular formula is C16H20N2O2. The third kappa shape index (κ3) is 3.07. The summed E-state index contributed by atoms with van der Waals surface area (Å²) in [5, 5.41) is 13.4. The first-order valence-electron chi connectivity index (χ1n) is 6.84. The van der Waals surface area contributed by atoms with Gasteiger partial charge in [0.1, 0.15) is 5.82 Å². The lowest BCUT2D eigenvalue weighted by Crippen LogP contribution is -2.31. The van der Waals surface area contributed by atoms with E-state index in [1.165, 1.54) is 0 Å². The lowest BCUT2D eigenvalue weighted by atomic mass is 9.99. The Labute approximate surface area is 118 Å². The molecule has 0 aliphatic heterocycles. The number of anilines is 1. The van der Waals surface area contributed by atoms with Gasteiger partial charge >= 0.3 is 5.97 Å². The summed E-state index contributed by atoms with van der Waals surface area (Å²) in [7, 11) is 0. The van der Waals surface area contributed by atoms with Crippen LogP contribution in [0.1, 0.15) is 44.0 Å². The van der Waals surface area contributed by atoms with Crippen LogP contribution in [0.2, 0.25) is 0 Å². The van der Waals surface area contributed by atoms with Gasteiger partial charge in [0.2, 0.25) is 0 Å². The van der Waals surface area contributed by atoms with E-state index in [1.54, 1.807) is 12.1 Å². The molecule has 4 nitrogen and oxygen atoms in total. The summed E-state index contributed by atoms with van der Waals surface area (Å²) in [4.78, 5) is 15.9. The Morgan fingerprint density at radius 1 is 1.35 bits per heavy atom. The van der Waals surface area contributed by atoms with Crippen molar-refractivity contribution in [3.8, 4) is 0 Å². The quantitative estimate of drug-likeness (QED) is 0.865. The lowest BCUT2D eigenvalue weighted by Gasteiger charge is -2.26. The second-order valence-electron chi connectivity index (χ2n) is 5.64. The maximum Gasteiger partial charge on any atom is 0.336 e. The van der Waals surface area contributed by atoms with Gasteiger partial charge < -0.3 is 10.4 Å². The van der Waals surface area contributed by atoms with Gasteiger partial charge in [-0.15, -0.1) is 0 Å². The summed E-state index contributed by atoms with van der Waals surface area (Å²) in [6.07, 6.45) is 2.04. The molecule has 1 heterocycles. The van der Waals surface area contributed by atoms with Crippen LogP contribution in [0, 0.1) is 0 Å². The van der Waals surface area contributed by atoms with Gasteiger partial charge in [0.15, 0.2) is 0 Å². The Morgan fingerprint density at radius 2 is 2.05 bits per heavy atom. The molecule has 2 rings (SSSR count). The molecule has 0 atom stereocenters. The number of aromatic carboxylic acids is 1. The molecule has 0 saturated heterocycles. The Balaban J connectivity index is 2.48. The molecule has 1 aromatic heterocycles. The topological polar surface area (TPSA) is 62.2 Å². The van der Waals surface area contributed by atoms with E-state index in [1.807, 2.05) is 18.2 Å². The van der Waals surface area contributed by atoms with Crippen molar-refractivity contribution in [2.75, 3.05) is 5.32 Å². The Hall–Kier alpha value is -2.10. The van der Waals surface area contributed by atoms with Gasteiger partial charge in [-0.1, -0.05) is 31.5 Å². The standard InChI is InChI=1S/C16H20N2O2/c1-4-9-16(2,3)18-14-10-12(15(19)20)11-7-5-6-8-13(11)17-14/h5-8,10H,4,9H2,1-3H3,(H,17,18)(H,19,20). The molecule has 2 aromatic rings. The van der Waals surface area contributed by atoms with Crippen molar-refractivity contribution in [3.05, 3.63) is 35.9 Å². The smallest absolute Gasteiger partial charge is 0.336 e. The average molecular weight is 272 g/mol. The van der Waals surface area contributed by atoms with Gasteiger partial charge in [-0.05, 0) is 32.4 Å². The number of benzene rings is 1. The largest absolute Gasteiger partial charge is 0.478 e. The fraction of sp³-hybridized carbons (Fsp3) is 0.375. The van der Waals surface area contributed by atoms with Crippen molar-refractivity contribution in [2.24, 2.45) is 0 Å². The van der Waals surface area contributed by atoms with Gasteiger partial charge in [0, 0.05) is 10.9 Å². The normalized spacial score (nSPS) is 11.6. The fourth-order valence-corrected chi connectivity index (χ4v) is 2.45. The highest BCUT2D eigenvalue weighted by atomic mass is 16.4. The summed E-state index contributed by atoms with van der Waals surface area (Å²) >= 11 is 0. The monoisotopic (exact) mass is 272 g/mol. The van der Waals surface area contributed by atoms with E-state index in [0.717, 1.165) is 12.8 Å². The van der Waals surface area contributed by atoms with Crippen LogP contribution in [0.25, 0.3) is 10.9 Å². The number of carboxylic acids is 1. The van der Waals surface area contributed by atoms with Gasteiger partial charge in [-0.25, -0.2) is 9.78 Å². The van der Waals surface area contributed by atoms with Crippen molar-refractivity contribution in [1.82, 2.24) is 4.98 Å². The van der Waals surface area contributed by atoms with Gasteiger partial charge in [-0.2, -0.15) is 0 Å². The number of pyridine rings is 1. The van der Waals surface area contributed by atoms with Gasteiger partial charge in [0.05, 0.1) is 11.1 Å². The van der Waals surface area contributed by atoms with Gasteiger partial charge in [-0.3, -0.25) is 0 Å². The van der Waals surface area contributed by atoms with Crippen molar-refractivity contribution in [3.63, 3.8) is 0 Å². The fourth-order valence-electron chi connectivity index (χ4n) is 2.45. The van der Waals surface area contributed by atoms with Crippen molar-refractivity contribution in [2.45, 2.75) is 39.2 Å². The van der Waals surface area contributed by atoms with E-state index in [2.05, 4.69) is 31.1 Å². The number of para-hydroxylation sites is 1. The zero-order valence-electron chi connectivity index (χ0n) is 12.1. The second kappa shape index (κ2) is 5.49. The highest BCUT2D eigenvalue weighted by molar-refractivity contribution is 6.03. The van der Waals surface area contributed by atoms with Crippen LogP contribution in [0.5, 0.6) is 0 Å². The maximum atomic E-state index is 11.4. The number of hydrogen-bond acceptors (Lipinski definition) is 3. The Morgan fingerprint density at radius 3 is 2.70 bits per heavy atom. The molecule has 0 fully saturated rings. The van der Waals surface area contributed by atoms with Crippen LogP contribution in [0.3, 0.4) is 0 Å². The molecule has 20 heavy (non-hydrogen) atoms. The Kier molecular flexibility index (Phi) is 3.93. The SMILES string of the molecule is CCCC(C)(C)Nc1cc(C(=O)O)c2ccccc2n1. The van der Waals surface area contributed by atoms with Crippen molar-refractivity contribution in [1.29, 1.82) is 0 Å². The highest BCUT2D eigenvalue weighted by Crippen LogP contribution is 2.24. The number of nitrogens with zero attached hydrogens (tertiary/aromatic N) is 1. The van der Waals surface area contributed by atoms with E-state index in [4.69, 9.17) is 0 Å². The first-order chi connectivity index (χ1) is 9.43. The number of carboxylic acid groups (broad SMARTS) is 1. The summed E-state index contributed by atoms with van der Waals surface area (Å²) < 4.78 is 0. The molecular weight excluding hydrogens is 252 g/mol. The number of fused-ring (bicyclic) bond motifs is 1. The maximum absolute atomic E-state index is 11.4. The van der Waals surface area contributed by atoms with Gasteiger partial charge in [0.25, 0.3) is 0 Å². The van der Waals surface area contributed by atoms with E-state index in [0.29, 0.717) is 16.7 Å². The van der Waals surface area contributed by atoms with Crippen LogP contribution >= 0.6 is 0 Å². The molecule has 0 spiro atoms. The lowest BCUT2D eigenvalue weighted by molar-refractivity contribution is 0.0699. The predicted molar refractivity (Wildman–Crippen MR) is 81.3 cm³/mol. The van der Waals surface area contributed by atoms with Crippen LogP contribution in [-0.4, -0.2) is 21.6 Å². The number of aromatic nitrogens is 1. The molecule has 1 aromatic carbocycles. The molecule has 0 aliphatic carbocycles. The first kappa shape index (κ1) is 14.3. The number of rotatable bonds is 5. The minimum atomic E-state index is -0.931. The zero-order chi connectivity index (χ0) is 14.8. The third-order valence-corrected chi connectivity index (χ3v) is 3.29. The molecule has 0 radical (unpaired) electrons. The number of nitrogens with one attached hydrogen (secondary N) is 1. The van der Waals surface area contributed by atoms with Crippen molar-refractivity contribution < 1.29 is 9.90 Å². The minimum absolute atomic E-state index is 0.111. The van der Waals surface area contributed by atoms with E-state index in [-0.39, 0.29) is 11.1 Å². The molecule has 2 N–H and O–H groups in total. The molecule has 0 bridgehead atoms. The minimum Gasteiger partial charge on any atom is -0.478 e. The van der Waals surface area contributed by atoms with E-state index >= 15 is 0 Å². The van der Waals surface area contributed by atoms with E-state index in [9.17, 15) is 9.90 Å². The predicted octanol–water partition coefficient (Wildman–Crippen LogP) is 3.92. The molecule has 0 amide bonds.